The molecule has 8 heteroatoms. The van der Waals surface area contributed by atoms with E-state index in [1.165, 1.54) is 6.21 Å². The standard InChI is InChI=1S/C21H21ClN4O3/c1-14(2)19(25-20(27)16-6-8-17(22)9-7-16)21(28)26-24-13-15-4-3-5-18(12-15)29-11-10-23/h3-9,12-14,19H,11H2,1-2H3,(H,25,27)(H,26,28). The van der Waals surface area contributed by atoms with Gasteiger partial charge >= 0.3 is 0 Å². The summed E-state index contributed by atoms with van der Waals surface area (Å²) in [5.41, 5.74) is 3.54. The van der Waals surface area contributed by atoms with E-state index in [0.717, 1.165) is 0 Å². The number of halogens is 1. The summed E-state index contributed by atoms with van der Waals surface area (Å²) in [7, 11) is 0. The molecule has 7 nitrogen and oxygen atoms in total. The van der Waals surface area contributed by atoms with E-state index in [9.17, 15) is 9.59 Å². The van der Waals surface area contributed by atoms with Gasteiger partial charge in [-0.2, -0.15) is 10.4 Å². The van der Waals surface area contributed by atoms with Gasteiger partial charge in [0, 0.05) is 10.6 Å². The van der Waals surface area contributed by atoms with Crippen molar-refractivity contribution in [3.8, 4) is 11.8 Å². The molecule has 150 valence electrons. The van der Waals surface area contributed by atoms with Gasteiger partial charge in [0.1, 0.15) is 17.9 Å². The molecule has 0 radical (unpaired) electrons. The van der Waals surface area contributed by atoms with E-state index >= 15 is 0 Å². The van der Waals surface area contributed by atoms with Gasteiger partial charge in [0.15, 0.2) is 6.61 Å². The van der Waals surface area contributed by atoms with Crippen molar-refractivity contribution in [2.24, 2.45) is 11.0 Å². The molecule has 2 rings (SSSR count). The number of rotatable bonds is 8. The van der Waals surface area contributed by atoms with Crippen molar-refractivity contribution in [1.29, 1.82) is 5.26 Å². The van der Waals surface area contributed by atoms with E-state index in [1.807, 2.05) is 19.9 Å². The Kier molecular flexibility index (Phi) is 8.19. The molecule has 2 amide bonds. The molecule has 0 saturated carbocycles. The Hall–Kier alpha value is -3.37. The summed E-state index contributed by atoms with van der Waals surface area (Å²) >= 11 is 5.83. The maximum absolute atomic E-state index is 12.5. The van der Waals surface area contributed by atoms with E-state index in [2.05, 4.69) is 15.8 Å². The summed E-state index contributed by atoms with van der Waals surface area (Å²) in [6.45, 7) is 3.60. The molecule has 1 unspecified atom stereocenters. The maximum Gasteiger partial charge on any atom is 0.262 e. The number of nitriles is 1. The van der Waals surface area contributed by atoms with Crippen LogP contribution in [0.15, 0.2) is 53.6 Å². The van der Waals surface area contributed by atoms with E-state index in [1.54, 1.807) is 48.5 Å². The van der Waals surface area contributed by atoms with E-state index < -0.39 is 11.9 Å². The van der Waals surface area contributed by atoms with Crippen LogP contribution in [0.5, 0.6) is 5.75 Å². The monoisotopic (exact) mass is 412 g/mol. The minimum Gasteiger partial charge on any atom is -0.479 e. The van der Waals surface area contributed by atoms with E-state index in [0.29, 0.717) is 21.9 Å². The van der Waals surface area contributed by atoms with Crippen molar-refractivity contribution in [3.05, 3.63) is 64.7 Å². The van der Waals surface area contributed by atoms with Gasteiger partial charge in [0.25, 0.3) is 11.8 Å². The first-order valence-electron chi connectivity index (χ1n) is 8.90. The van der Waals surface area contributed by atoms with Crippen LogP contribution in [0, 0.1) is 17.2 Å². The highest BCUT2D eigenvalue weighted by Gasteiger charge is 2.24. The molecule has 0 aliphatic carbocycles. The van der Waals surface area contributed by atoms with Crippen LogP contribution in [0.4, 0.5) is 0 Å². The molecule has 0 spiro atoms. The maximum atomic E-state index is 12.5. The van der Waals surface area contributed by atoms with Crippen molar-refractivity contribution in [1.82, 2.24) is 10.7 Å². The van der Waals surface area contributed by atoms with Crippen LogP contribution >= 0.6 is 11.6 Å². The van der Waals surface area contributed by atoms with E-state index in [-0.39, 0.29) is 18.4 Å². The largest absolute Gasteiger partial charge is 0.479 e. The van der Waals surface area contributed by atoms with Gasteiger partial charge < -0.3 is 10.1 Å². The number of hydrogen-bond acceptors (Lipinski definition) is 5. The second kappa shape index (κ2) is 10.8. The zero-order chi connectivity index (χ0) is 21.2. The fourth-order valence-corrected chi connectivity index (χ4v) is 2.53. The summed E-state index contributed by atoms with van der Waals surface area (Å²) in [6, 6.07) is 14.5. The zero-order valence-corrected chi connectivity index (χ0v) is 16.8. The van der Waals surface area contributed by atoms with Crippen LogP contribution in [0.25, 0.3) is 0 Å². The molecule has 0 saturated heterocycles. The summed E-state index contributed by atoms with van der Waals surface area (Å²) < 4.78 is 5.22. The molecular formula is C21H21ClN4O3. The predicted molar refractivity (Wildman–Crippen MR) is 111 cm³/mol. The lowest BCUT2D eigenvalue weighted by atomic mass is 10.0. The van der Waals surface area contributed by atoms with Crippen molar-refractivity contribution < 1.29 is 14.3 Å². The van der Waals surface area contributed by atoms with Gasteiger partial charge in [-0.15, -0.1) is 0 Å². The van der Waals surface area contributed by atoms with Crippen molar-refractivity contribution in [2.45, 2.75) is 19.9 Å². The third kappa shape index (κ3) is 6.94. The number of hydrazone groups is 1. The first-order chi connectivity index (χ1) is 13.9. The lowest BCUT2D eigenvalue weighted by Gasteiger charge is -2.20. The normalized spacial score (nSPS) is 11.7. The third-order valence-electron chi connectivity index (χ3n) is 3.89. The number of benzene rings is 2. The summed E-state index contributed by atoms with van der Waals surface area (Å²) in [6.07, 6.45) is 1.45. The lowest BCUT2D eigenvalue weighted by Crippen LogP contribution is -2.48. The van der Waals surface area contributed by atoms with Crippen molar-refractivity contribution in [2.75, 3.05) is 6.61 Å². The molecular weight excluding hydrogens is 392 g/mol. The second-order valence-electron chi connectivity index (χ2n) is 6.46. The molecule has 2 aromatic rings. The number of nitrogens with zero attached hydrogens (tertiary/aromatic N) is 2. The smallest absolute Gasteiger partial charge is 0.262 e. The van der Waals surface area contributed by atoms with Gasteiger partial charge in [-0.3, -0.25) is 9.59 Å². The van der Waals surface area contributed by atoms with Gasteiger partial charge in [-0.25, -0.2) is 5.43 Å². The van der Waals surface area contributed by atoms with Gasteiger partial charge in [0.05, 0.1) is 6.21 Å². The molecule has 29 heavy (non-hydrogen) atoms. The van der Waals surface area contributed by atoms with Crippen LogP contribution in [0.3, 0.4) is 0 Å². The molecule has 0 bridgehead atoms. The highest BCUT2D eigenvalue weighted by atomic mass is 35.5. The Morgan fingerprint density at radius 2 is 1.97 bits per heavy atom. The minimum absolute atomic E-state index is 0.0548. The summed E-state index contributed by atoms with van der Waals surface area (Å²) in [5.74, 6) is -0.432. The predicted octanol–water partition coefficient (Wildman–Crippen LogP) is 3.15. The first kappa shape index (κ1) is 21.9. The quantitative estimate of drug-likeness (QED) is 0.513. The Balaban J connectivity index is 1.99. The van der Waals surface area contributed by atoms with Gasteiger partial charge in [-0.05, 0) is 47.9 Å². The van der Waals surface area contributed by atoms with Crippen LogP contribution in [-0.4, -0.2) is 30.7 Å². The molecule has 0 aliphatic rings. The molecule has 1 atom stereocenters. The van der Waals surface area contributed by atoms with Crippen LogP contribution in [0.1, 0.15) is 29.8 Å². The fourth-order valence-electron chi connectivity index (χ4n) is 2.40. The molecule has 0 aliphatic heterocycles. The average Bonchev–Trinajstić information content (AvgIpc) is 2.70. The summed E-state index contributed by atoms with van der Waals surface area (Å²) in [5, 5.41) is 15.7. The average molecular weight is 413 g/mol. The highest BCUT2D eigenvalue weighted by Crippen LogP contribution is 2.12. The van der Waals surface area contributed by atoms with Gasteiger partial charge in [0.2, 0.25) is 0 Å². The van der Waals surface area contributed by atoms with Gasteiger partial charge in [-0.1, -0.05) is 37.6 Å². The number of nitrogens with one attached hydrogen (secondary N) is 2. The zero-order valence-electron chi connectivity index (χ0n) is 16.1. The minimum atomic E-state index is -0.763. The highest BCUT2D eigenvalue weighted by molar-refractivity contribution is 6.30. The van der Waals surface area contributed by atoms with Crippen LogP contribution < -0.4 is 15.5 Å². The number of carbonyl (C=O) groups is 2. The fraction of sp³-hybridized carbons (Fsp3) is 0.238. The molecule has 2 N–H and O–H groups in total. The summed E-state index contributed by atoms with van der Waals surface area (Å²) in [4.78, 5) is 24.9. The Morgan fingerprint density at radius 3 is 2.62 bits per heavy atom. The SMILES string of the molecule is CC(C)C(NC(=O)c1ccc(Cl)cc1)C(=O)NN=Cc1cccc(OCC#N)c1. The van der Waals surface area contributed by atoms with Crippen LogP contribution in [-0.2, 0) is 4.79 Å². The number of amides is 2. The topological polar surface area (TPSA) is 104 Å². The number of carbonyl (C=O) groups excluding carboxylic acids is 2. The first-order valence-corrected chi connectivity index (χ1v) is 9.27. The number of ether oxygens (including phenoxy) is 1. The molecule has 0 fully saturated rings. The molecule has 0 heterocycles. The Bertz CT molecular complexity index is 920. The van der Waals surface area contributed by atoms with E-state index in [4.69, 9.17) is 21.6 Å². The Labute approximate surface area is 174 Å². The Morgan fingerprint density at radius 1 is 1.24 bits per heavy atom. The molecule has 0 aromatic heterocycles. The molecule has 2 aromatic carbocycles. The van der Waals surface area contributed by atoms with Crippen molar-refractivity contribution in [3.63, 3.8) is 0 Å². The second-order valence-corrected chi connectivity index (χ2v) is 6.89. The third-order valence-corrected chi connectivity index (χ3v) is 4.14. The van der Waals surface area contributed by atoms with Crippen LogP contribution in [0.2, 0.25) is 5.02 Å². The number of hydrogen-bond donors (Lipinski definition) is 2. The van der Waals surface area contributed by atoms with Crippen molar-refractivity contribution >= 4 is 29.6 Å². The lowest BCUT2D eigenvalue weighted by molar-refractivity contribution is -0.123.